The Hall–Kier alpha value is -0.790. The average Bonchev–Trinajstić information content (AvgIpc) is 2.31. The van der Waals surface area contributed by atoms with Crippen LogP contribution in [-0.2, 0) is 9.53 Å². The van der Waals surface area contributed by atoms with E-state index in [9.17, 15) is 4.79 Å². The Morgan fingerprint density at radius 2 is 2.00 bits per heavy atom. The van der Waals surface area contributed by atoms with Crippen molar-refractivity contribution in [1.29, 1.82) is 0 Å². The lowest BCUT2D eigenvalue weighted by molar-refractivity contribution is -0.149. The van der Waals surface area contributed by atoms with E-state index in [0.717, 1.165) is 12.8 Å². The maximum Gasteiger partial charge on any atom is 0.333 e. The van der Waals surface area contributed by atoms with E-state index in [4.69, 9.17) is 4.74 Å². The molecule has 1 rings (SSSR count). The third-order valence-corrected chi connectivity index (χ3v) is 3.56. The lowest BCUT2D eigenvalue weighted by atomic mass is 9.81. The van der Waals surface area contributed by atoms with Gasteiger partial charge >= 0.3 is 5.97 Å². The minimum atomic E-state index is -0.253. The number of rotatable bonds is 2. The van der Waals surface area contributed by atoms with E-state index in [1.54, 1.807) is 6.92 Å². The lowest BCUT2D eigenvalue weighted by Crippen LogP contribution is -2.32. The smallest absolute Gasteiger partial charge is 0.333 e. The van der Waals surface area contributed by atoms with Crippen LogP contribution in [0.2, 0.25) is 0 Å². The topological polar surface area (TPSA) is 26.3 Å². The van der Waals surface area contributed by atoms with E-state index < -0.39 is 0 Å². The summed E-state index contributed by atoms with van der Waals surface area (Å²) in [7, 11) is 0. The van der Waals surface area contributed by atoms with Crippen LogP contribution in [-0.4, -0.2) is 12.1 Å². The van der Waals surface area contributed by atoms with Gasteiger partial charge in [0.1, 0.15) is 6.10 Å². The molecular formula is C12H20O2. The Kier molecular flexibility index (Phi) is 3.03. The molecule has 14 heavy (non-hydrogen) atoms. The van der Waals surface area contributed by atoms with Crippen LogP contribution in [0, 0.1) is 11.3 Å². The predicted molar refractivity (Wildman–Crippen MR) is 56.9 cm³/mol. The quantitative estimate of drug-likeness (QED) is 0.501. The van der Waals surface area contributed by atoms with Crippen LogP contribution in [0.4, 0.5) is 0 Å². The minimum Gasteiger partial charge on any atom is -0.458 e. The van der Waals surface area contributed by atoms with E-state index in [1.165, 1.54) is 0 Å². The number of hydrogen-bond donors (Lipinski definition) is 0. The molecule has 0 amide bonds. The molecule has 1 aliphatic rings. The zero-order chi connectivity index (χ0) is 10.9. The maximum atomic E-state index is 11.4. The van der Waals surface area contributed by atoms with Crippen molar-refractivity contribution in [1.82, 2.24) is 0 Å². The van der Waals surface area contributed by atoms with Crippen LogP contribution in [0.5, 0.6) is 0 Å². The molecule has 1 aliphatic carbocycles. The third kappa shape index (κ3) is 1.99. The van der Waals surface area contributed by atoms with Crippen molar-refractivity contribution in [3.05, 3.63) is 12.2 Å². The molecule has 0 aromatic rings. The van der Waals surface area contributed by atoms with Gasteiger partial charge in [0.25, 0.3) is 0 Å². The standard InChI is InChI=1S/C12H20O2/c1-8(2)11(13)14-10-7-6-9(3)12(10,4)5/h9-10H,1,6-7H2,2-5H3. The van der Waals surface area contributed by atoms with Crippen molar-refractivity contribution < 1.29 is 9.53 Å². The molecule has 0 bridgehead atoms. The highest BCUT2D eigenvalue weighted by molar-refractivity contribution is 5.87. The van der Waals surface area contributed by atoms with Gasteiger partial charge in [0.2, 0.25) is 0 Å². The summed E-state index contributed by atoms with van der Waals surface area (Å²) in [5, 5.41) is 0. The number of hydrogen-bond acceptors (Lipinski definition) is 2. The highest BCUT2D eigenvalue weighted by Crippen LogP contribution is 2.44. The normalized spacial score (nSPS) is 30.0. The van der Waals surface area contributed by atoms with Gasteiger partial charge in [-0.2, -0.15) is 0 Å². The van der Waals surface area contributed by atoms with Crippen LogP contribution in [0.15, 0.2) is 12.2 Å². The van der Waals surface area contributed by atoms with Gasteiger partial charge in [-0.3, -0.25) is 0 Å². The van der Waals surface area contributed by atoms with Crippen molar-refractivity contribution in [2.75, 3.05) is 0 Å². The third-order valence-electron chi connectivity index (χ3n) is 3.56. The number of carbonyl (C=O) groups is 1. The highest BCUT2D eigenvalue weighted by Gasteiger charge is 2.42. The number of carbonyl (C=O) groups excluding carboxylic acids is 1. The van der Waals surface area contributed by atoms with Gasteiger partial charge in [0, 0.05) is 11.0 Å². The molecule has 0 aromatic heterocycles. The summed E-state index contributed by atoms with van der Waals surface area (Å²) in [4.78, 5) is 11.4. The van der Waals surface area contributed by atoms with Gasteiger partial charge in [0.05, 0.1) is 0 Å². The largest absolute Gasteiger partial charge is 0.458 e. The molecule has 0 heterocycles. The molecule has 0 aliphatic heterocycles. The Balaban J connectivity index is 2.63. The van der Waals surface area contributed by atoms with Crippen LogP contribution in [0.3, 0.4) is 0 Å². The van der Waals surface area contributed by atoms with Crippen LogP contribution in [0.1, 0.15) is 40.5 Å². The molecule has 2 nitrogen and oxygen atoms in total. The summed E-state index contributed by atoms with van der Waals surface area (Å²) < 4.78 is 5.42. The van der Waals surface area contributed by atoms with Gasteiger partial charge in [-0.25, -0.2) is 4.79 Å². The maximum absolute atomic E-state index is 11.4. The summed E-state index contributed by atoms with van der Waals surface area (Å²) >= 11 is 0. The second kappa shape index (κ2) is 3.76. The van der Waals surface area contributed by atoms with Crippen molar-refractivity contribution in [3.63, 3.8) is 0 Å². The monoisotopic (exact) mass is 196 g/mol. The lowest BCUT2D eigenvalue weighted by Gasteiger charge is -2.30. The Morgan fingerprint density at radius 3 is 2.36 bits per heavy atom. The fraction of sp³-hybridized carbons (Fsp3) is 0.750. The molecule has 2 atom stereocenters. The Labute approximate surface area is 86.3 Å². The zero-order valence-electron chi connectivity index (χ0n) is 9.59. The highest BCUT2D eigenvalue weighted by atomic mass is 16.5. The molecule has 0 aromatic carbocycles. The summed E-state index contributed by atoms with van der Waals surface area (Å²) in [6.45, 7) is 11.8. The van der Waals surface area contributed by atoms with Crippen LogP contribution >= 0.6 is 0 Å². The van der Waals surface area contributed by atoms with Crippen molar-refractivity contribution in [2.45, 2.75) is 46.6 Å². The van der Waals surface area contributed by atoms with Crippen LogP contribution in [0.25, 0.3) is 0 Å². The molecule has 0 radical (unpaired) electrons. The molecule has 1 saturated carbocycles. The molecular weight excluding hydrogens is 176 g/mol. The van der Waals surface area contributed by atoms with Gasteiger partial charge in [-0.1, -0.05) is 27.4 Å². The first kappa shape index (κ1) is 11.3. The first-order chi connectivity index (χ1) is 6.35. The summed E-state index contributed by atoms with van der Waals surface area (Å²) in [6.07, 6.45) is 2.18. The van der Waals surface area contributed by atoms with Gasteiger partial charge in [-0.05, 0) is 25.7 Å². The SMILES string of the molecule is C=C(C)C(=O)OC1CCC(C)C1(C)C. The molecule has 1 fully saturated rings. The zero-order valence-corrected chi connectivity index (χ0v) is 9.59. The molecule has 0 N–H and O–H groups in total. The first-order valence-electron chi connectivity index (χ1n) is 5.22. The molecule has 80 valence electrons. The van der Waals surface area contributed by atoms with Gasteiger partial charge < -0.3 is 4.74 Å². The van der Waals surface area contributed by atoms with E-state index in [0.29, 0.717) is 11.5 Å². The summed E-state index contributed by atoms with van der Waals surface area (Å²) in [5.74, 6) is 0.364. The molecule has 2 heteroatoms. The number of esters is 1. The van der Waals surface area contributed by atoms with Gasteiger partial charge in [-0.15, -0.1) is 0 Å². The molecule has 2 unspecified atom stereocenters. The van der Waals surface area contributed by atoms with Crippen molar-refractivity contribution >= 4 is 5.97 Å². The Bertz CT molecular complexity index is 253. The van der Waals surface area contributed by atoms with E-state index in [1.807, 2.05) is 0 Å². The fourth-order valence-corrected chi connectivity index (χ4v) is 1.90. The Morgan fingerprint density at radius 1 is 1.43 bits per heavy atom. The first-order valence-corrected chi connectivity index (χ1v) is 5.22. The summed E-state index contributed by atoms with van der Waals surface area (Å²) in [6, 6.07) is 0. The average molecular weight is 196 g/mol. The van der Waals surface area contributed by atoms with E-state index >= 15 is 0 Å². The van der Waals surface area contributed by atoms with Crippen molar-refractivity contribution in [3.8, 4) is 0 Å². The summed E-state index contributed by atoms with van der Waals surface area (Å²) in [5.41, 5.74) is 0.589. The molecule has 0 saturated heterocycles. The van der Waals surface area contributed by atoms with Crippen molar-refractivity contribution in [2.24, 2.45) is 11.3 Å². The van der Waals surface area contributed by atoms with E-state index in [-0.39, 0.29) is 17.5 Å². The predicted octanol–water partition coefficient (Wildman–Crippen LogP) is 2.93. The number of ether oxygens (including phenoxy) is 1. The van der Waals surface area contributed by atoms with Gasteiger partial charge in [0.15, 0.2) is 0 Å². The second-order valence-corrected chi connectivity index (χ2v) is 4.97. The van der Waals surface area contributed by atoms with E-state index in [2.05, 4.69) is 27.4 Å². The molecule has 0 spiro atoms. The fourth-order valence-electron chi connectivity index (χ4n) is 1.90. The second-order valence-electron chi connectivity index (χ2n) is 4.97. The minimum absolute atomic E-state index is 0.0571. The van der Waals surface area contributed by atoms with Crippen LogP contribution < -0.4 is 0 Å².